The van der Waals surface area contributed by atoms with Gasteiger partial charge in [-0.2, -0.15) is 0 Å². The molecule has 0 radical (unpaired) electrons. The van der Waals surface area contributed by atoms with Crippen molar-refractivity contribution in [2.45, 2.75) is 51.2 Å². The number of rotatable bonds is 6. The van der Waals surface area contributed by atoms with Crippen LogP contribution in [-0.2, 0) is 11.3 Å². The SMILES string of the molecule is c1csc(COCCNC2CCCCCC2)c1. The van der Waals surface area contributed by atoms with Crippen LogP contribution in [0.3, 0.4) is 0 Å². The van der Waals surface area contributed by atoms with Crippen LogP contribution in [-0.4, -0.2) is 19.2 Å². The van der Waals surface area contributed by atoms with Gasteiger partial charge in [0.1, 0.15) is 0 Å². The Balaban J connectivity index is 1.50. The average molecular weight is 253 g/mol. The second-order valence-electron chi connectivity index (χ2n) is 4.77. The van der Waals surface area contributed by atoms with Gasteiger partial charge in [0.2, 0.25) is 0 Å². The molecular weight excluding hydrogens is 230 g/mol. The molecule has 96 valence electrons. The Labute approximate surface area is 108 Å². The lowest BCUT2D eigenvalue weighted by Gasteiger charge is -2.15. The van der Waals surface area contributed by atoms with Crippen LogP contribution in [0.1, 0.15) is 43.4 Å². The fourth-order valence-electron chi connectivity index (χ4n) is 2.39. The van der Waals surface area contributed by atoms with Gasteiger partial charge in [-0.05, 0) is 24.3 Å². The molecular formula is C14H23NOS. The topological polar surface area (TPSA) is 21.3 Å². The third kappa shape index (κ3) is 5.19. The summed E-state index contributed by atoms with van der Waals surface area (Å²) in [6.07, 6.45) is 8.34. The molecule has 0 saturated heterocycles. The standard InChI is InChI=1S/C14H23NOS/c1-2-4-7-13(6-3-1)15-9-10-16-12-14-8-5-11-17-14/h5,8,11,13,15H,1-4,6-7,9-10,12H2. The zero-order valence-electron chi connectivity index (χ0n) is 10.5. The van der Waals surface area contributed by atoms with Gasteiger partial charge in [0, 0.05) is 17.5 Å². The molecule has 1 N–H and O–H groups in total. The van der Waals surface area contributed by atoms with E-state index in [-0.39, 0.29) is 0 Å². The van der Waals surface area contributed by atoms with Gasteiger partial charge in [0.05, 0.1) is 13.2 Å². The van der Waals surface area contributed by atoms with Gasteiger partial charge in [0.15, 0.2) is 0 Å². The van der Waals surface area contributed by atoms with Gasteiger partial charge in [-0.1, -0.05) is 31.7 Å². The Kier molecular flexibility index (Phi) is 6.03. The summed E-state index contributed by atoms with van der Waals surface area (Å²) in [6, 6.07) is 4.94. The highest BCUT2D eigenvalue weighted by Crippen LogP contribution is 2.16. The largest absolute Gasteiger partial charge is 0.375 e. The van der Waals surface area contributed by atoms with E-state index in [1.807, 2.05) is 0 Å². The van der Waals surface area contributed by atoms with E-state index in [0.29, 0.717) is 0 Å². The molecule has 0 amide bonds. The second-order valence-corrected chi connectivity index (χ2v) is 5.81. The predicted molar refractivity (Wildman–Crippen MR) is 73.5 cm³/mol. The van der Waals surface area contributed by atoms with E-state index >= 15 is 0 Å². The van der Waals surface area contributed by atoms with Crippen molar-refractivity contribution in [2.24, 2.45) is 0 Å². The first-order valence-corrected chi connectivity index (χ1v) is 7.66. The summed E-state index contributed by atoms with van der Waals surface area (Å²) >= 11 is 1.77. The fraction of sp³-hybridized carbons (Fsp3) is 0.714. The Morgan fingerprint density at radius 2 is 2.06 bits per heavy atom. The van der Waals surface area contributed by atoms with E-state index in [4.69, 9.17) is 4.74 Å². The van der Waals surface area contributed by atoms with Gasteiger partial charge in [-0.25, -0.2) is 0 Å². The Morgan fingerprint density at radius 1 is 1.24 bits per heavy atom. The molecule has 0 aliphatic heterocycles. The van der Waals surface area contributed by atoms with Crippen LogP contribution in [0.4, 0.5) is 0 Å². The third-order valence-corrected chi connectivity index (χ3v) is 4.21. The molecule has 1 aliphatic rings. The van der Waals surface area contributed by atoms with Crippen LogP contribution < -0.4 is 5.32 Å². The maximum absolute atomic E-state index is 5.65. The summed E-state index contributed by atoms with van der Waals surface area (Å²) in [7, 11) is 0. The zero-order chi connectivity index (χ0) is 11.8. The summed E-state index contributed by atoms with van der Waals surface area (Å²) in [5, 5.41) is 5.72. The first kappa shape index (κ1) is 13.1. The second kappa shape index (κ2) is 7.85. The Hall–Kier alpha value is -0.380. The molecule has 0 bridgehead atoms. The lowest BCUT2D eigenvalue weighted by Crippen LogP contribution is -2.31. The average Bonchev–Trinajstić information content (AvgIpc) is 2.72. The summed E-state index contributed by atoms with van der Waals surface area (Å²) < 4.78 is 5.65. The first-order valence-electron chi connectivity index (χ1n) is 6.78. The van der Waals surface area contributed by atoms with E-state index in [2.05, 4.69) is 22.8 Å². The number of thiophene rings is 1. The summed E-state index contributed by atoms with van der Waals surface area (Å²) in [5.74, 6) is 0. The minimum absolute atomic E-state index is 0.739. The number of hydrogen-bond donors (Lipinski definition) is 1. The van der Waals surface area contributed by atoms with E-state index in [1.165, 1.54) is 43.4 Å². The van der Waals surface area contributed by atoms with Crippen LogP contribution in [0, 0.1) is 0 Å². The molecule has 1 heterocycles. The van der Waals surface area contributed by atoms with E-state index in [1.54, 1.807) is 11.3 Å². The van der Waals surface area contributed by atoms with E-state index < -0.39 is 0 Å². The lowest BCUT2D eigenvalue weighted by molar-refractivity contribution is 0.122. The van der Waals surface area contributed by atoms with Gasteiger partial charge >= 0.3 is 0 Å². The molecule has 0 unspecified atom stereocenters. The molecule has 1 saturated carbocycles. The molecule has 0 spiro atoms. The van der Waals surface area contributed by atoms with Crippen LogP contribution >= 0.6 is 11.3 Å². The molecule has 1 aromatic heterocycles. The molecule has 3 heteroatoms. The van der Waals surface area contributed by atoms with E-state index in [9.17, 15) is 0 Å². The quantitative estimate of drug-likeness (QED) is 0.618. The molecule has 0 atom stereocenters. The monoisotopic (exact) mass is 253 g/mol. The van der Waals surface area contributed by atoms with E-state index in [0.717, 1.165) is 25.8 Å². The molecule has 0 aromatic carbocycles. The number of ether oxygens (including phenoxy) is 1. The summed E-state index contributed by atoms with van der Waals surface area (Å²) in [5.41, 5.74) is 0. The minimum atomic E-state index is 0.739. The Morgan fingerprint density at radius 3 is 2.76 bits per heavy atom. The molecule has 1 aliphatic carbocycles. The maximum atomic E-state index is 5.65. The van der Waals surface area contributed by atoms with Crippen molar-refractivity contribution in [3.8, 4) is 0 Å². The highest BCUT2D eigenvalue weighted by molar-refractivity contribution is 7.09. The van der Waals surface area contributed by atoms with Crippen molar-refractivity contribution in [1.82, 2.24) is 5.32 Å². The van der Waals surface area contributed by atoms with Crippen molar-refractivity contribution in [2.75, 3.05) is 13.2 Å². The van der Waals surface area contributed by atoms with Crippen molar-refractivity contribution < 1.29 is 4.74 Å². The van der Waals surface area contributed by atoms with Crippen LogP contribution in [0.2, 0.25) is 0 Å². The number of hydrogen-bond acceptors (Lipinski definition) is 3. The molecule has 2 nitrogen and oxygen atoms in total. The molecule has 1 fully saturated rings. The van der Waals surface area contributed by atoms with Crippen LogP contribution in [0.5, 0.6) is 0 Å². The van der Waals surface area contributed by atoms with Crippen molar-refractivity contribution in [3.63, 3.8) is 0 Å². The van der Waals surface area contributed by atoms with Gasteiger partial charge in [-0.3, -0.25) is 0 Å². The van der Waals surface area contributed by atoms with Crippen molar-refractivity contribution >= 4 is 11.3 Å². The third-order valence-electron chi connectivity index (χ3n) is 3.36. The lowest BCUT2D eigenvalue weighted by atomic mass is 10.1. The van der Waals surface area contributed by atoms with Crippen molar-refractivity contribution in [3.05, 3.63) is 22.4 Å². The maximum Gasteiger partial charge on any atom is 0.0809 e. The normalized spacial score (nSPS) is 18.1. The molecule has 17 heavy (non-hydrogen) atoms. The van der Waals surface area contributed by atoms with Crippen molar-refractivity contribution in [1.29, 1.82) is 0 Å². The molecule has 2 rings (SSSR count). The minimum Gasteiger partial charge on any atom is -0.375 e. The summed E-state index contributed by atoms with van der Waals surface area (Å²) in [6.45, 7) is 2.59. The Bertz CT molecular complexity index is 278. The highest BCUT2D eigenvalue weighted by Gasteiger charge is 2.10. The highest BCUT2D eigenvalue weighted by atomic mass is 32.1. The molecule has 1 aromatic rings. The van der Waals surface area contributed by atoms with Crippen LogP contribution in [0.15, 0.2) is 17.5 Å². The number of nitrogens with one attached hydrogen (secondary N) is 1. The predicted octanol–water partition coefficient (Wildman–Crippen LogP) is 3.58. The van der Waals surface area contributed by atoms with Crippen LogP contribution in [0.25, 0.3) is 0 Å². The zero-order valence-corrected chi connectivity index (χ0v) is 11.3. The first-order chi connectivity index (χ1) is 8.45. The van der Waals surface area contributed by atoms with Gasteiger partial charge in [-0.15, -0.1) is 11.3 Å². The smallest absolute Gasteiger partial charge is 0.0809 e. The van der Waals surface area contributed by atoms with Gasteiger partial charge in [0.25, 0.3) is 0 Å². The summed E-state index contributed by atoms with van der Waals surface area (Å²) in [4.78, 5) is 1.32. The van der Waals surface area contributed by atoms with Gasteiger partial charge < -0.3 is 10.1 Å². The fourth-order valence-corrected chi connectivity index (χ4v) is 3.03.